The molecule has 1 heterocycles. The summed E-state index contributed by atoms with van der Waals surface area (Å²) in [5.74, 6) is 0.742. The quantitative estimate of drug-likeness (QED) is 0.686. The van der Waals surface area contributed by atoms with E-state index in [4.69, 9.17) is 21.9 Å². The zero-order valence-electron chi connectivity index (χ0n) is 10.3. The highest BCUT2D eigenvalue weighted by atomic mass is 35.5. The highest BCUT2D eigenvalue weighted by molar-refractivity contribution is 6.33. The van der Waals surface area contributed by atoms with Crippen LogP contribution in [0, 0.1) is 16.0 Å². The van der Waals surface area contributed by atoms with Crippen LogP contribution in [0.2, 0.25) is 5.02 Å². The van der Waals surface area contributed by atoms with Crippen molar-refractivity contribution in [3.05, 3.63) is 39.2 Å². The van der Waals surface area contributed by atoms with E-state index in [0.717, 1.165) is 12.8 Å². The summed E-state index contributed by atoms with van der Waals surface area (Å²) in [5.41, 5.74) is 5.93. The number of hydrogen-bond donors (Lipinski definition) is 1. The SMILES string of the molecule is NC(c1noc(-c2c(Cl)cccc2[N+](=O)[O-])n1)C1CC1. The molecule has 1 unspecified atom stereocenters. The first-order valence-electron chi connectivity index (χ1n) is 6.10. The highest BCUT2D eigenvalue weighted by Gasteiger charge is 2.33. The lowest BCUT2D eigenvalue weighted by Gasteiger charge is -2.02. The molecule has 1 aromatic heterocycles. The molecule has 3 rings (SSSR count). The molecular weight excluding hydrogens is 284 g/mol. The molecule has 0 amide bonds. The number of rotatable bonds is 4. The minimum Gasteiger partial charge on any atom is -0.334 e. The van der Waals surface area contributed by atoms with Gasteiger partial charge in [-0.15, -0.1) is 0 Å². The standard InChI is InChI=1S/C12H11ClN4O3/c13-7-2-1-3-8(17(18)19)9(7)12-15-11(16-20-12)10(14)6-4-5-6/h1-3,6,10H,4-5,14H2. The van der Waals surface area contributed by atoms with Crippen LogP contribution in [0.1, 0.15) is 24.7 Å². The third-order valence-corrected chi connectivity index (χ3v) is 3.59. The number of nitrogens with two attached hydrogens (primary N) is 1. The van der Waals surface area contributed by atoms with Gasteiger partial charge in [-0.3, -0.25) is 10.1 Å². The zero-order chi connectivity index (χ0) is 14.3. The number of nitro groups is 1. The van der Waals surface area contributed by atoms with E-state index in [9.17, 15) is 10.1 Å². The third kappa shape index (κ3) is 2.25. The van der Waals surface area contributed by atoms with E-state index in [1.807, 2.05) is 0 Å². The van der Waals surface area contributed by atoms with Gasteiger partial charge in [0.05, 0.1) is 16.0 Å². The molecule has 0 aliphatic heterocycles. The van der Waals surface area contributed by atoms with E-state index < -0.39 is 4.92 Å². The van der Waals surface area contributed by atoms with Gasteiger partial charge in [0, 0.05) is 6.07 Å². The predicted octanol–water partition coefficient (Wildman–Crippen LogP) is 2.71. The van der Waals surface area contributed by atoms with Crippen LogP contribution in [0.3, 0.4) is 0 Å². The summed E-state index contributed by atoms with van der Waals surface area (Å²) in [7, 11) is 0. The van der Waals surface area contributed by atoms with Crippen molar-refractivity contribution in [2.24, 2.45) is 11.7 Å². The van der Waals surface area contributed by atoms with Gasteiger partial charge in [0.15, 0.2) is 5.82 Å². The van der Waals surface area contributed by atoms with Gasteiger partial charge in [0.2, 0.25) is 0 Å². The molecule has 2 aromatic rings. The largest absolute Gasteiger partial charge is 0.334 e. The Morgan fingerprint density at radius 2 is 2.25 bits per heavy atom. The van der Waals surface area contributed by atoms with Gasteiger partial charge in [-0.1, -0.05) is 22.8 Å². The maximum atomic E-state index is 11.0. The van der Waals surface area contributed by atoms with Crippen LogP contribution in [0.15, 0.2) is 22.7 Å². The summed E-state index contributed by atoms with van der Waals surface area (Å²) in [5, 5.41) is 15.0. The molecule has 1 atom stereocenters. The second-order valence-electron chi connectivity index (χ2n) is 4.71. The summed E-state index contributed by atoms with van der Waals surface area (Å²) in [6, 6.07) is 4.08. The Kier molecular flexibility index (Phi) is 3.15. The summed E-state index contributed by atoms with van der Waals surface area (Å²) in [6.45, 7) is 0. The highest BCUT2D eigenvalue weighted by Crippen LogP contribution is 2.40. The summed E-state index contributed by atoms with van der Waals surface area (Å²) in [4.78, 5) is 14.7. The first-order valence-corrected chi connectivity index (χ1v) is 6.48. The lowest BCUT2D eigenvalue weighted by Crippen LogP contribution is -2.13. The molecule has 20 heavy (non-hydrogen) atoms. The average molecular weight is 295 g/mol. The van der Waals surface area contributed by atoms with Crippen LogP contribution in [-0.2, 0) is 0 Å². The van der Waals surface area contributed by atoms with E-state index in [0.29, 0.717) is 11.7 Å². The Bertz CT molecular complexity index is 668. The predicted molar refractivity (Wildman–Crippen MR) is 71.1 cm³/mol. The number of benzene rings is 1. The van der Waals surface area contributed by atoms with Crippen LogP contribution in [0.4, 0.5) is 5.69 Å². The van der Waals surface area contributed by atoms with Crippen molar-refractivity contribution in [1.82, 2.24) is 10.1 Å². The van der Waals surface area contributed by atoms with Gasteiger partial charge in [0.1, 0.15) is 5.56 Å². The number of aromatic nitrogens is 2. The molecule has 1 aliphatic rings. The molecular formula is C12H11ClN4O3. The number of halogens is 1. The van der Waals surface area contributed by atoms with Crippen LogP contribution >= 0.6 is 11.6 Å². The maximum Gasteiger partial charge on any atom is 0.283 e. The van der Waals surface area contributed by atoms with Crippen molar-refractivity contribution in [3.63, 3.8) is 0 Å². The maximum absolute atomic E-state index is 11.0. The van der Waals surface area contributed by atoms with E-state index in [2.05, 4.69) is 10.1 Å². The molecule has 1 fully saturated rings. The van der Waals surface area contributed by atoms with Crippen LogP contribution < -0.4 is 5.73 Å². The molecule has 1 aromatic carbocycles. The first kappa shape index (κ1) is 13.0. The Labute approximate surface area is 118 Å². The summed E-state index contributed by atoms with van der Waals surface area (Å²) >= 11 is 6.01. The molecule has 0 radical (unpaired) electrons. The summed E-state index contributed by atoms with van der Waals surface area (Å²) in [6.07, 6.45) is 2.08. The molecule has 1 aliphatic carbocycles. The van der Waals surface area contributed by atoms with E-state index in [-0.39, 0.29) is 28.2 Å². The molecule has 0 bridgehead atoms. The number of nitrogens with zero attached hydrogens (tertiary/aromatic N) is 3. The number of nitro benzene ring substituents is 1. The lowest BCUT2D eigenvalue weighted by molar-refractivity contribution is -0.384. The van der Waals surface area contributed by atoms with Crippen molar-refractivity contribution in [2.45, 2.75) is 18.9 Å². The molecule has 8 heteroatoms. The second-order valence-corrected chi connectivity index (χ2v) is 5.12. The van der Waals surface area contributed by atoms with E-state index >= 15 is 0 Å². The normalized spacial score (nSPS) is 16.1. The van der Waals surface area contributed by atoms with E-state index in [1.165, 1.54) is 18.2 Å². The van der Waals surface area contributed by atoms with E-state index in [1.54, 1.807) is 0 Å². The fraction of sp³-hybridized carbons (Fsp3) is 0.333. The first-order chi connectivity index (χ1) is 9.58. The van der Waals surface area contributed by atoms with Gasteiger partial charge in [-0.25, -0.2) is 0 Å². The molecule has 7 nitrogen and oxygen atoms in total. The fourth-order valence-electron chi connectivity index (χ4n) is 2.01. The van der Waals surface area contributed by atoms with Gasteiger partial charge >= 0.3 is 0 Å². The Morgan fingerprint density at radius 3 is 2.90 bits per heavy atom. The zero-order valence-corrected chi connectivity index (χ0v) is 11.1. The number of hydrogen-bond acceptors (Lipinski definition) is 6. The van der Waals surface area contributed by atoms with Crippen molar-refractivity contribution < 1.29 is 9.45 Å². The van der Waals surface area contributed by atoms with Crippen LogP contribution in [-0.4, -0.2) is 15.1 Å². The minimum atomic E-state index is -0.536. The lowest BCUT2D eigenvalue weighted by atomic mass is 10.1. The Balaban J connectivity index is 2.03. The summed E-state index contributed by atoms with van der Waals surface area (Å²) < 4.78 is 5.09. The van der Waals surface area contributed by atoms with Crippen LogP contribution in [0.5, 0.6) is 0 Å². The Hall–Kier alpha value is -1.99. The minimum absolute atomic E-state index is 0.0217. The smallest absolute Gasteiger partial charge is 0.283 e. The van der Waals surface area contributed by atoms with Gasteiger partial charge in [-0.05, 0) is 24.8 Å². The van der Waals surface area contributed by atoms with Crippen LogP contribution in [0.25, 0.3) is 11.5 Å². The Morgan fingerprint density at radius 1 is 1.50 bits per heavy atom. The van der Waals surface area contributed by atoms with Crippen molar-refractivity contribution in [1.29, 1.82) is 0 Å². The topological polar surface area (TPSA) is 108 Å². The monoisotopic (exact) mass is 294 g/mol. The molecule has 1 saturated carbocycles. The molecule has 104 valence electrons. The average Bonchev–Trinajstić information content (AvgIpc) is 3.15. The second kappa shape index (κ2) is 4.84. The van der Waals surface area contributed by atoms with Crippen molar-refractivity contribution in [2.75, 3.05) is 0 Å². The van der Waals surface area contributed by atoms with Gasteiger partial charge in [-0.2, -0.15) is 4.98 Å². The van der Waals surface area contributed by atoms with Crippen molar-refractivity contribution >= 4 is 17.3 Å². The van der Waals surface area contributed by atoms with Gasteiger partial charge < -0.3 is 10.3 Å². The van der Waals surface area contributed by atoms with Gasteiger partial charge in [0.25, 0.3) is 11.6 Å². The molecule has 0 spiro atoms. The fourth-order valence-corrected chi connectivity index (χ4v) is 2.26. The molecule has 0 saturated heterocycles. The van der Waals surface area contributed by atoms with Crippen molar-refractivity contribution in [3.8, 4) is 11.5 Å². The third-order valence-electron chi connectivity index (χ3n) is 3.27. The molecule has 2 N–H and O–H groups in total.